The summed E-state index contributed by atoms with van der Waals surface area (Å²) in [6.07, 6.45) is -0.186. The van der Waals surface area contributed by atoms with E-state index in [0.29, 0.717) is 23.7 Å². The van der Waals surface area contributed by atoms with E-state index in [0.717, 1.165) is 11.1 Å². The van der Waals surface area contributed by atoms with Gasteiger partial charge in [-0.05, 0) is 35.4 Å². The molecule has 2 N–H and O–H groups in total. The summed E-state index contributed by atoms with van der Waals surface area (Å²) in [5.41, 5.74) is 2.02. The van der Waals surface area contributed by atoms with Gasteiger partial charge in [-0.3, -0.25) is 4.79 Å². The van der Waals surface area contributed by atoms with E-state index in [2.05, 4.69) is 16.4 Å². The second-order valence-corrected chi connectivity index (χ2v) is 6.46. The summed E-state index contributed by atoms with van der Waals surface area (Å²) in [4.78, 5) is 17.0. The van der Waals surface area contributed by atoms with E-state index in [9.17, 15) is 14.4 Å². The topological polar surface area (TPSA) is 98.5 Å². The molecule has 0 radical (unpaired) electrons. The average molecular weight is 384 g/mol. The lowest BCUT2D eigenvalue weighted by Gasteiger charge is -2.34. The number of amides is 1. The molecule has 3 rings (SSSR count). The monoisotopic (exact) mass is 384 g/mol. The predicted molar refractivity (Wildman–Crippen MR) is 102 cm³/mol. The minimum absolute atomic E-state index is 0.131. The second kappa shape index (κ2) is 8.67. The minimum atomic E-state index is -1.39. The maximum Gasteiger partial charge on any atom is 0.248 e. The molecule has 2 unspecified atom stereocenters. The minimum Gasteiger partial charge on any atom is -0.486 e. The van der Waals surface area contributed by atoms with Crippen molar-refractivity contribution in [3.63, 3.8) is 0 Å². The largest absolute Gasteiger partial charge is 0.486 e. The SMILES string of the molecule is CNc1cc(-c2ccc(OC3CCN(C(=O)CO)CC3F)c(C#N)c2)ccn1. The van der Waals surface area contributed by atoms with Crippen LogP contribution in [-0.4, -0.2) is 59.9 Å². The van der Waals surface area contributed by atoms with Gasteiger partial charge < -0.3 is 20.1 Å². The third kappa shape index (κ3) is 4.21. The zero-order valence-electron chi connectivity index (χ0n) is 15.4. The highest BCUT2D eigenvalue weighted by molar-refractivity contribution is 5.77. The van der Waals surface area contributed by atoms with Gasteiger partial charge in [-0.15, -0.1) is 0 Å². The van der Waals surface area contributed by atoms with E-state index >= 15 is 0 Å². The number of alkyl halides is 1. The standard InChI is InChI=1S/C20H21FN4O3/c1-23-19-9-14(4-6-24-19)13-2-3-17(15(8-13)10-22)28-18-5-7-25(11-16(18)21)20(27)12-26/h2-4,6,8-9,16,18,26H,5,7,11-12H2,1H3,(H,23,24). The molecule has 1 saturated heterocycles. The zero-order chi connectivity index (χ0) is 20.1. The highest BCUT2D eigenvalue weighted by Gasteiger charge is 2.33. The molecule has 28 heavy (non-hydrogen) atoms. The molecule has 1 aromatic carbocycles. The van der Waals surface area contributed by atoms with Crippen LogP contribution in [0.2, 0.25) is 0 Å². The summed E-state index contributed by atoms with van der Waals surface area (Å²) < 4.78 is 20.2. The number of piperidine rings is 1. The van der Waals surface area contributed by atoms with E-state index in [-0.39, 0.29) is 13.0 Å². The molecule has 8 heteroatoms. The van der Waals surface area contributed by atoms with E-state index in [1.807, 2.05) is 18.2 Å². The summed E-state index contributed by atoms with van der Waals surface area (Å²) in [5.74, 6) is 0.519. The Hall–Kier alpha value is -3.18. The molecule has 146 valence electrons. The molecule has 1 fully saturated rings. The van der Waals surface area contributed by atoms with Crippen molar-refractivity contribution in [2.75, 3.05) is 32.1 Å². The Labute approximate surface area is 162 Å². The predicted octanol–water partition coefficient (Wildman–Crippen LogP) is 1.97. The number of ether oxygens (including phenoxy) is 1. The number of rotatable bonds is 5. The van der Waals surface area contributed by atoms with Gasteiger partial charge in [0.05, 0.1) is 12.1 Å². The number of anilines is 1. The number of hydrogen-bond acceptors (Lipinski definition) is 6. The normalized spacial score (nSPS) is 19.0. The fourth-order valence-corrected chi connectivity index (χ4v) is 3.15. The highest BCUT2D eigenvalue weighted by Crippen LogP contribution is 2.29. The van der Waals surface area contributed by atoms with Crippen molar-refractivity contribution in [3.8, 4) is 22.9 Å². The molecule has 0 spiro atoms. The van der Waals surface area contributed by atoms with Crippen LogP contribution >= 0.6 is 0 Å². The van der Waals surface area contributed by atoms with Gasteiger partial charge in [0.2, 0.25) is 5.91 Å². The quantitative estimate of drug-likeness (QED) is 0.818. The number of pyridine rings is 1. The van der Waals surface area contributed by atoms with Crippen molar-refractivity contribution in [2.45, 2.75) is 18.7 Å². The lowest BCUT2D eigenvalue weighted by molar-refractivity contribution is -0.138. The van der Waals surface area contributed by atoms with E-state index in [1.54, 1.807) is 25.4 Å². The molecule has 1 amide bonds. The zero-order valence-corrected chi connectivity index (χ0v) is 15.4. The van der Waals surface area contributed by atoms with Crippen LogP contribution in [0.5, 0.6) is 5.75 Å². The molecule has 1 aliphatic rings. The van der Waals surface area contributed by atoms with Crippen molar-refractivity contribution >= 4 is 11.7 Å². The Balaban J connectivity index is 1.76. The van der Waals surface area contributed by atoms with Gasteiger partial charge in [0, 0.05) is 26.2 Å². The van der Waals surface area contributed by atoms with E-state index < -0.39 is 24.8 Å². The van der Waals surface area contributed by atoms with Gasteiger partial charge in [-0.2, -0.15) is 5.26 Å². The van der Waals surface area contributed by atoms with Gasteiger partial charge >= 0.3 is 0 Å². The number of aromatic nitrogens is 1. The summed E-state index contributed by atoms with van der Waals surface area (Å²) in [7, 11) is 1.77. The number of likely N-dealkylation sites (tertiary alicyclic amines) is 1. The molecule has 7 nitrogen and oxygen atoms in total. The molecule has 0 bridgehead atoms. The first-order chi connectivity index (χ1) is 13.5. The van der Waals surface area contributed by atoms with Crippen LogP contribution in [-0.2, 0) is 4.79 Å². The smallest absolute Gasteiger partial charge is 0.248 e. The van der Waals surface area contributed by atoms with Crippen molar-refractivity contribution in [1.82, 2.24) is 9.88 Å². The maximum atomic E-state index is 14.4. The summed E-state index contributed by atoms with van der Waals surface area (Å²) in [5, 5.41) is 21.4. The molecule has 0 saturated carbocycles. The number of nitrogens with zero attached hydrogens (tertiary/aromatic N) is 3. The van der Waals surface area contributed by atoms with Crippen molar-refractivity contribution in [1.29, 1.82) is 5.26 Å². The van der Waals surface area contributed by atoms with Crippen LogP contribution in [0.15, 0.2) is 36.5 Å². The first-order valence-electron chi connectivity index (χ1n) is 8.93. The van der Waals surface area contributed by atoms with Crippen molar-refractivity contribution in [2.24, 2.45) is 0 Å². The van der Waals surface area contributed by atoms with Gasteiger partial charge in [-0.25, -0.2) is 9.37 Å². The van der Waals surface area contributed by atoms with E-state index in [1.165, 1.54) is 4.90 Å². The van der Waals surface area contributed by atoms with Crippen LogP contribution in [0.3, 0.4) is 0 Å². The molecular weight excluding hydrogens is 363 g/mol. The van der Waals surface area contributed by atoms with Crippen molar-refractivity contribution < 1.29 is 19.0 Å². The van der Waals surface area contributed by atoms with Crippen LogP contribution in [0.1, 0.15) is 12.0 Å². The highest BCUT2D eigenvalue weighted by atomic mass is 19.1. The number of nitrogens with one attached hydrogen (secondary N) is 1. The molecule has 1 aliphatic heterocycles. The Bertz CT molecular complexity index is 899. The Morgan fingerprint density at radius 2 is 2.21 bits per heavy atom. The Kier molecular flexibility index (Phi) is 6.06. The molecule has 2 aromatic rings. The number of benzene rings is 1. The lowest BCUT2D eigenvalue weighted by atomic mass is 10.0. The fraction of sp³-hybridized carbons (Fsp3) is 0.350. The summed E-state index contributed by atoms with van der Waals surface area (Å²) >= 11 is 0. The molecule has 0 aliphatic carbocycles. The van der Waals surface area contributed by atoms with Crippen LogP contribution in [0, 0.1) is 11.3 Å². The number of carbonyl (C=O) groups is 1. The van der Waals surface area contributed by atoms with Gasteiger partial charge in [0.15, 0.2) is 6.17 Å². The third-order valence-corrected chi connectivity index (χ3v) is 4.70. The second-order valence-electron chi connectivity index (χ2n) is 6.46. The Morgan fingerprint density at radius 3 is 2.89 bits per heavy atom. The number of nitriles is 1. The number of aliphatic hydroxyl groups excluding tert-OH is 1. The molecule has 2 atom stereocenters. The average Bonchev–Trinajstić information content (AvgIpc) is 2.74. The lowest BCUT2D eigenvalue weighted by Crippen LogP contribution is -2.50. The molecular formula is C20H21FN4O3. The number of carbonyl (C=O) groups excluding carboxylic acids is 1. The number of halogens is 1. The van der Waals surface area contributed by atoms with Gasteiger partial charge in [0.25, 0.3) is 0 Å². The fourth-order valence-electron chi connectivity index (χ4n) is 3.15. The van der Waals surface area contributed by atoms with Gasteiger partial charge in [-0.1, -0.05) is 6.07 Å². The number of aliphatic hydroxyl groups is 1. The molecule has 1 aromatic heterocycles. The maximum absolute atomic E-state index is 14.4. The Morgan fingerprint density at radius 1 is 1.43 bits per heavy atom. The summed E-state index contributed by atoms with van der Waals surface area (Å²) in [6, 6.07) is 11.0. The number of hydrogen-bond donors (Lipinski definition) is 2. The van der Waals surface area contributed by atoms with Crippen LogP contribution in [0.4, 0.5) is 10.2 Å². The van der Waals surface area contributed by atoms with Crippen LogP contribution < -0.4 is 10.1 Å². The van der Waals surface area contributed by atoms with Crippen molar-refractivity contribution in [3.05, 3.63) is 42.1 Å². The van der Waals surface area contributed by atoms with E-state index in [4.69, 9.17) is 9.84 Å². The first kappa shape index (κ1) is 19.6. The van der Waals surface area contributed by atoms with Gasteiger partial charge in [0.1, 0.15) is 30.3 Å². The molecule has 2 heterocycles. The van der Waals surface area contributed by atoms with Crippen LogP contribution in [0.25, 0.3) is 11.1 Å². The third-order valence-electron chi connectivity index (χ3n) is 4.70. The first-order valence-corrected chi connectivity index (χ1v) is 8.93. The summed E-state index contributed by atoms with van der Waals surface area (Å²) in [6.45, 7) is -0.468.